The van der Waals surface area contributed by atoms with E-state index in [-0.39, 0.29) is 11.8 Å². The normalized spacial score (nSPS) is 15.9. The van der Waals surface area contributed by atoms with Crippen LogP contribution in [0.2, 0.25) is 5.02 Å². The number of imide groups is 1. The molecule has 0 spiro atoms. The van der Waals surface area contributed by atoms with Crippen LogP contribution in [0.15, 0.2) is 18.3 Å². The Kier molecular flexibility index (Phi) is 2.80. The maximum atomic E-state index is 11.5. The fraction of sp³-hybridized carbons (Fsp3) is 0.250. The molecule has 0 N–H and O–H groups in total. The molecule has 3 rings (SSSR count). The summed E-state index contributed by atoms with van der Waals surface area (Å²) in [6, 6.07) is 3.61. The second-order valence-electron chi connectivity index (χ2n) is 4.09. The molecule has 1 fully saturated rings. The van der Waals surface area contributed by atoms with Crippen LogP contribution >= 0.6 is 22.9 Å². The fourth-order valence-electron chi connectivity index (χ4n) is 1.99. The Morgan fingerprint density at radius 3 is 2.72 bits per heavy atom. The molecule has 2 aromatic rings. The summed E-state index contributed by atoms with van der Waals surface area (Å²) in [7, 11) is 0. The minimum Gasteiger partial charge on any atom is -0.277 e. The molecule has 1 aliphatic heterocycles. The highest BCUT2D eigenvalue weighted by molar-refractivity contribution is 7.19. The van der Waals surface area contributed by atoms with E-state index in [0.717, 1.165) is 15.1 Å². The van der Waals surface area contributed by atoms with E-state index in [1.54, 1.807) is 12.3 Å². The van der Waals surface area contributed by atoms with Gasteiger partial charge in [0, 0.05) is 23.9 Å². The van der Waals surface area contributed by atoms with E-state index in [0.29, 0.717) is 24.4 Å². The number of fused-ring (bicyclic) bond motifs is 1. The van der Waals surface area contributed by atoms with E-state index in [2.05, 4.69) is 4.98 Å². The second kappa shape index (κ2) is 4.33. The fourth-order valence-corrected chi connectivity index (χ4v) is 3.27. The van der Waals surface area contributed by atoms with E-state index in [1.165, 1.54) is 16.2 Å². The Morgan fingerprint density at radius 1 is 1.33 bits per heavy atom. The molecule has 1 saturated heterocycles. The van der Waals surface area contributed by atoms with Gasteiger partial charge in [-0.2, -0.15) is 0 Å². The van der Waals surface area contributed by atoms with Crippen LogP contribution in [0, 0.1) is 0 Å². The van der Waals surface area contributed by atoms with Gasteiger partial charge >= 0.3 is 0 Å². The summed E-state index contributed by atoms with van der Waals surface area (Å²) in [5, 5.41) is 0.648. The predicted octanol–water partition coefficient (Wildman–Crippen LogP) is 2.60. The lowest BCUT2D eigenvalue weighted by atomic mass is 10.3. The number of thiophene rings is 1. The molecule has 1 aliphatic rings. The average molecular weight is 281 g/mol. The first-order valence-corrected chi connectivity index (χ1v) is 6.71. The third kappa shape index (κ3) is 1.89. The molecule has 0 atom stereocenters. The summed E-state index contributed by atoms with van der Waals surface area (Å²) in [5.41, 5.74) is 0.807. The largest absolute Gasteiger partial charge is 0.277 e. The summed E-state index contributed by atoms with van der Waals surface area (Å²) in [4.78, 5) is 29.5. The van der Waals surface area contributed by atoms with Crippen molar-refractivity contribution in [2.75, 3.05) is 0 Å². The quantitative estimate of drug-likeness (QED) is 0.795. The van der Waals surface area contributed by atoms with Crippen LogP contribution in [-0.2, 0) is 16.1 Å². The molecule has 18 heavy (non-hydrogen) atoms. The highest BCUT2D eigenvalue weighted by atomic mass is 35.5. The van der Waals surface area contributed by atoms with E-state index in [9.17, 15) is 9.59 Å². The third-order valence-corrected chi connectivity index (χ3v) is 4.45. The van der Waals surface area contributed by atoms with Gasteiger partial charge in [0.25, 0.3) is 0 Å². The number of nitrogens with zero attached hydrogens (tertiary/aromatic N) is 2. The molecule has 0 radical (unpaired) electrons. The molecule has 2 amide bonds. The van der Waals surface area contributed by atoms with Gasteiger partial charge in [0.05, 0.1) is 21.8 Å². The summed E-state index contributed by atoms with van der Waals surface area (Å²) in [6.45, 7) is 0.328. The van der Waals surface area contributed by atoms with Crippen molar-refractivity contribution in [3.05, 3.63) is 28.2 Å². The third-order valence-electron chi connectivity index (χ3n) is 2.88. The lowest BCUT2D eigenvalue weighted by molar-refractivity contribution is -0.138. The molecule has 0 saturated carbocycles. The van der Waals surface area contributed by atoms with Gasteiger partial charge in [0.15, 0.2) is 0 Å². The summed E-state index contributed by atoms with van der Waals surface area (Å²) < 4.78 is 0.897. The van der Waals surface area contributed by atoms with E-state index in [4.69, 9.17) is 11.6 Å². The van der Waals surface area contributed by atoms with Crippen molar-refractivity contribution in [3.8, 4) is 0 Å². The number of rotatable bonds is 2. The number of hydrogen-bond donors (Lipinski definition) is 0. The number of pyridine rings is 1. The molecule has 2 aromatic heterocycles. The van der Waals surface area contributed by atoms with Crippen LogP contribution in [0.4, 0.5) is 0 Å². The summed E-state index contributed by atoms with van der Waals surface area (Å²) in [6.07, 6.45) is 2.29. The van der Waals surface area contributed by atoms with Crippen LogP contribution in [0.3, 0.4) is 0 Å². The lowest BCUT2D eigenvalue weighted by Crippen LogP contribution is -2.27. The average Bonchev–Trinajstić information content (AvgIpc) is 2.89. The number of likely N-dealkylation sites (tertiary alicyclic amines) is 1. The molecular weight excluding hydrogens is 272 g/mol. The second-order valence-corrected chi connectivity index (χ2v) is 5.64. The Hall–Kier alpha value is -1.46. The standard InChI is InChI=1S/C12H9ClN2O2S/c13-8-3-4-14-9-5-7(18-12(8)9)6-15-10(16)1-2-11(15)17/h3-5H,1-2,6H2. The topological polar surface area (TPSA) is 50.3 Å². The van der Waals surface area contributed by atoms with Gasteiger partial charge in [0.1, 0.15) is 0 Å². The molecule has 0 aromatic carbocycles. The van der Waals surface area contributed by atoms with Gasteiger partial charge in [0.2, 0.25) is 11.8 Å². The molecule has 3 heterocycles. The molecule has 4 nitrogen and oxygen atoms in total. The molecule has 6 heteroatoms. The number of amides is 2. The van der Waals surface area contributed by atoms with Gasteiger partial charge < -0.3 is 0 Å². The van der Waals surface area contributed by atoms with Crippen molar-refractivity contribution in [2.45, 2.75) is 19.4 Å². The zero-order valence-corrected chi connectivity index (χ0v) is 10.9. The van der Waals surface area contributed by atoms with E-state index in [1.807, 2.05) is 6.07 Å². The number of hydrogen-bond acceptors (Lipinski definition) is 4. The zero-order chi connectivity index (χ0) is 12.7. The van der Waals surface area contributed by atoms with Gasteiger partial charge in [-0.05, 0) is 12.1 Å². The van der Waals surface area contributed by atoms with Gasteiger partial charge in [-0.15, -0.1) is 11.3 Å². The molecule has 0 aliphatic carbocycles. The maximum absolute atomic E-state index is 11.5. The van der Waals surface area contributed by atoms with E-state index < -0.39 is 0 Å². The van der Waals surface area contributed by atoms with Crippen molar-refractivity contribution in [2.24, 2.45) is 0 Å². The molecule has 0 unspecified atom stereocenters. The van der Waals surface area contributed by atoms with Gasteiger partial charge in [-0.3, -0.25) is 19.5 Å². The SMILES string of the molecule is O=C1CCC(=O)N1Cc1cc2nccc(Cl)c2s1. The van der Waals surface area contributed by atoms with Crippen molar-refractivity contribution in [1.29, 1.82) is 0 Å². The van der Waals surface area contributed by atoms with Gasteiger partial charge in [-0.25, -0.2) is 0 Å². The van der Waals surface area contributed by atoms with Crippen LogP contribution in [0.5, 0.6) is 0 Å². The first-order valence-electron chi connectivity index (χ1n) is 5.51. The Labute approximate surface area is 112 Å². The Bertz CT molecular complexity index is 637. The Morgan fingerprint density at radius 2 is 2.06 bits per heavy atom. The predicted molar refractivity (Wildman–Crippen MR) is 69.4 cm³/mol. The smallest absolute Gasteiger partial charge is 0.230 e. The molecule has 92 valence electrons. The Balaban J connectivity index is 1.93. The van der Waals surface area contributed by atoms with Crippen LogP contribution in [0.1, 0.15) is 17.7 Å². The van der Waals surface area contributed by atoms with Crippen molar-refractivity contribution in [1.82, 2.24) is 9.88 Å². The van der Waals surface area contributed by atoms with Crippen LogP contribution in [-0.4, -0.2) is 21.7 Å². The number of carbonyl (C=O) groups is 2. The number of carbonyl (C=O) groups excluding carboxylic acids is 2. The first-order chi connectivity index (χ1) is 8.65. The van der Waals surface area contributed by atoms with Crippen molar-refractivity contribution in [3.63, 3.8) is 0 Å². The molecule has 0 bridgehead atoms. The number of aromatic nitrogens is 1. The van der Waals surface area contributed by atoms with E-state index >= 15 is 0 Å². The monoisotopic (exact) mass is 280 g/mol. The number of halogens is 1. The highest BCUT2D eigenvalue weighted by Crippen LogP contribution is 2.31. The first kappa shape index (κ1) is 11.6. The van der Waals surface area contributed by atoms with Crippen LogP contribution in [0.25, 0.3) is 10.2 Å². The van der Waals surface area contributed by atoms with Crippen molar-refractivity contribution < 1.29 is 9.59 Å². The zero-order valence-electron chi connectivity index (χ0n) is 9.35. The lowest BCUT2D eigenvalue weighted by Gasteiger charge is -2.11. The summed E-state index contributed by atoms with van der Waals surface area (Å²) >= 11 is 7.54. The molecular formula is C12H9ClN2O2S. The van der Waals surface area contributed by atoms with Gasteiger partial charge in [-0.1, -0.05) is 11.6 Å². The van der Waals surface area contributed by atoms with Crippen molar-refractivity contribution >= 4 is 45.0 Å². The summed E-state index contributed by atoms with van der Waals surface area (Å²) in [5.74, 6) is -0.201. The van der Waals surface area contributed by atoms with Crippen LogP contribution < -0.4 is 0 Å². The minimum atomic E-state index is -0.100. The highest BCUT2D eigenvalue weighted by Gasteiger charge is 2.29. The minimum absolute atomic E-state index is 0.100. The maximum Gasteiger partial charge on any atom is 0.230 e.